The van der Waals surface area contributed by atoms with Gasteiger partial charge in [0, 0.05) is 31.0 Å². The summed E-state index contributed by atoms with van der Waals surface area (Å²) in [6, 6.07) is 8.42. The van der Waals surface area contributed by atoms with Crippen LogP contribution in [0.5, 0.6) is 0 Å². The number of aromatic nitrogens is 2. The number of nitrogens with zero attached hydrogens (tertiary/aromatic N) is 3. The average Bonchev–Trinajstić information content (AvgIpc) is 3.46. The zero-order valence-electron chi connectivity index (χ0n) is 17.8. The van der Waals surface area contributed by atoms with Gasteiger partial charge >= 0.3 is 0 Å². The van der Waals surface area contributed by atoms with Crippen molar-refractivity contribution in [2.24, 2.45) is 0 Å². The summed E-state index contributed by atoms with van der Waals surface area (Å²) in [7, 11) is 0. The van der Waals surface area contributed by atoms with Gasteiger partial charge in [-0.15, -0.1) is 0 Å². The molecule has 0 aliphatic carbocycles. The largest absolute Gasteiger partial charge is 0.507 e. The van der Waals surface area contributed by atoms with E-state index in [0.29, 0.717) is 36.6 Å². The van der Waals surface area contributed by atoms with Crippen molar-refractivity contribution in [3.05, 3.63) is 82.8 Å². The molecule has 2 aromatic heterocycles. The Bertz CT molecular complexity index is 1160. The second-order valence-electron chi connectivity index (χ2n) is 7.91. The minimum absolute atomic E-state index is 0.0654. The van der Waals surface area contributed by atoms with Gasteiger partial charge in [-0.05, 0) is 51.0 Å². The van der Waals surface area contributed by atoms with Gasteiger partial charge < -0.3 is 19.0 Å². The number of Topliss-reactive ketones (excluding diaryl/α,β-unsaturated/α-hetero) is 1. The summed E-state index contributed by atoms with van der Waals surface area (Å²) in [6.45, 7) is 6.58. The summed E-state index contributed by atoms with van der Waals surface area (Å²) in [4.78, 5) is 31.5. The molecule has 3 aromatic rings. The summed E-state index contributed by atoms with van der Waals surface area (Å²) >= 11 is 0. The third-order valence-electron chi connectivity index (χ3n) is 5.59. The number of hydrogen-bond acceptors (Lipinski definition) is 5. The number of furan rings is 1. The minimum atomic E-state index is -0.767. The second-order valence-corrected chi connectivity index (χ2v) is 7.91. The Morgan fingerprint density at radius 3 is 2.61 bits per heavy atom. The number of benzene rings is 1. The highest BCUT2D eigenvalue weighted by atomic mass is 16.3. The number of amides is 1. The molecule has 160 valence electrons. The number of imidazole rings is 1. The van der Waals surface area contributed by atoms with Crippen molar-refractivity contribution in [1.82, 2.24) is 14.5 Å². The van der Waals surface area contributed by atoms with Crippen molar-refractivity contribution in [3.63, 3.8) is 0 Å². The molecule has 1 saturated heterocycles. The van der Waals surface area contributed by atoms with Crippen LogP contribution in [0.4, 0.5) is 0 Å². The van der Waals surface area contributed by atoms with E-state index in [2.05, 4.69) is 4.98 Å². The predicted octanol–water partition coefficient (Wildman–Crippen LogP) is 3.91. The highest BCUT2D eigenvalue weighted by molar-refractivity contribution is 6.46. The molecule has 1 aliphatic heterocycles. The average molecular weight is 419 g/mol. The third-order valence-corrected chi connectivity index (χ3v) is 5.59. The maximum Gasteiger partial charge on any atom is 0.295 e. The fourth-order valence-corrected chi connectivity index (χ4v) is 3.99. The number of rotatable bonds is 6. The fourth-order valence-electron chi connectivity index (χ4n) is 3.99. The van der Waals surface area contributed by atoms with Gasteiger partial charge in [0.15, 0.2) is 0 Å². The van der Waals surface area contributed by atoms with E-state index < -0.39 is 17.7 Å². The zero-order chi connectivity index (χ0) is 22.1. The molecule has 7 heteroatoms. The SMILES string of the molecule is Cc1ccc(C)c(C(O)=C2C(=O)C(=O)N(CCCn3ccnc3)[C@H]2c2ccc(C)o2)c1. The molecule has 1 atom stereocenters. The van der Waals surface area contributed by atoms with Gasteiger partial charge in [-0.25, -0.2) is 4.98 Å². The molecule has 1 fully saturated rings. The molecule has 31 heavy (non-hydrogen) atoms. The van der Waals surface area contributed by atoms with Crippen molar-refractivity contribution < 1.29 is 19.1 Å². The summed E-state index contributed by atoms with van der Waals surface area (Å²) in [6.07, 6.45) is 5.88. The van der Waals surface area contributed by atoms with Crippen LogP contribution < -0.4 is 0 Å². The van der Waals surface area contributed by atoms with Gasteiger partial charge in [-0.1, -0.05) is 17.7 Å². The number of likely N-dealkylation sites (tertiary alicyclic amines) is 1. The van der Waals surface area contributed by atoms with E-state index in [0.717, 1.165) is 11.1 Å². The first kappa shape index (κ1) is 20.7. The second kappa shape index (κ2) is 8.26. The minimum Gasteiger partial charge on any atom is -0.507 e. The lowest BCUT2D eigenvalue weighted by atomic mass is 9.96. The third kappa shape index (κ3) is 3.91. The van der Waals surface area contributed by atoms with Crippen LogP contribution in [0.3, 0.4) is 0 Å². The van der Waals surface area contributed by atoms with E-state index in [4.69, 9.17) is 4.42 Å². The molecule has 0 spiro atoms. The van der Waals surface area contributed by atoms with Crippen molar-refractivity contribution in [2.45, 2.75) is 39.8 Å². The molecular weight excluding hydrogens is 394 g/mol. The summed E-state index contributed by atoms with van der Waals surface area (Å²) < 4.78 is 7.73. The number of carbonyl (C=O) groups is 2. The number of carbonyl (C=O) groups excluding carboxylic acids is 2. The lowest BCUT2D eigenvalue weighted by Crippen LogP contribution is -2.31. The Kier molecular flexibility index (Phi) is 5.50. The van der Waals surface area contributed by atoms with E-state index in [9.17, 15) is 14.7 Å². The van der Waals surface area contributed by atoms with Crippen LogP contribution in [0.25, 0.3) is 5.76 Å². The molecule has 1 aliphatic rings. The maximum atomic E-state index is 13.0. The van der Waals surface area contributed by atoms with Gasteiger partial charge in [0.25, 0.3) is 11.7 Å². The van der Waals surface area contributed by atoms with Gasteiger partial charge in [-0.3, -0.25) is 9.59 Å². The molecular formula is C24H25N3O4. The molecule has 4 rings (SSSR count). The Balaban J connectivity index is 1.75. The highest BCUT2D eigenvalue weighted by Gasteiger charge is 2.47. The fraction of sp³-hybridized carbons (Fsp3) is 0.292. The highest BCUT2D eigenvalue weighted by Crippen LogP contribution is 2.40. The molecule has 0 saturated carbocycles. The van der Waals surface area contributed by atoms with E-state index in [1.165, 1.54) is 4.90 Å². The number of hydrogen-bond donors (Lipinski definition) is 1. The molecule has 7 nitrogen and oxygen atoms in total. The van der Waals surface area contributed by atoms with Gasteiger partial charge in [0.1, 0.15) is 23.3 Å². The molecule has 1 N–H and O–H groups in total. The Morgan fingerprint density at radius 1 is 1.13 bits per heavy atom. The molecule has 3 heterocycles. The molecule has 1 aromatic carbocycles. The first-order valence-electron chi connectivity index (χ1n) is 10.2. The lowest BCUT2D eigenvalue weighted by molar-refractivity contribution is -0.140. The number of ketones is 1. The van der Waals surface area contributed by atoms with Crippen LogP contribution in [0.1, 0.15) is 40.7 Å². The smallest absolute Gasteiger partial charge is 0.295 e. The Labute approximate surface area is 180 Å². The quantitative estimate of drug-likeness (QED) is 0.372. The number of aryl methyl sites for hydroxylation is 4. The first-order valence-corrected chi connectivity index (χ1v) is 10.2. The number of aliphatic hydroxyl groups excluding tert-OH is 1. The van der Waals surface area contributed by atoms with Crippen LogP contribution in [0.2, 0.25) is 0 Å². The van der Waals surface area contributed by atoms with E-state index in [1.807, 2.05) is 42.8 Å². The van der Waals surface area contributed by atoms with Crippen molar-refractivity contribution in [2.75, 3.05) is 6.54 Å². The summed E-state index contributed by atoms with van der Waals surface area (Å²) in [5.74, 6) is -0.357. The molecule has 0 bridgehead atoms. The van der Waals surface area contributed by atoms with Gasteiger partial charge in [0.05, 0.1) is 11.9 Å². The monoisotopic (exact) mass is 419 g/mol. The maximum absolute atomic E-state index is 13.0. The predicted molar refractivity (Wildman–Crippen MR) is 115 cm³/mol. The van der Waals surface area contributed by atoms with Crippen molar-refractivity contribution in [3.8, 4) is 0 Å². The van der Waals surface area contributed by atoms with Crippen LogP contribution in [0.15, 0.2) is 59.0 Å². The van der Waals surface area contributed by atoms with Crippen LogP contribution in [-0.4, -0.2) is 37.8 Å². The summed E-state index contributed by atoms with van der Waals surface area (Å²) in [5, 5.41) is 11.2. The van der Waals surface area contributed by atoms with Crippen molar-refractivity contribution >= 4 is 17.4 Å². The van der Waals surface area contributed by atoms with E-state index >= 15 is 0 Å². The Morgan fingerprint density at radius 2 is 1.94 bits per heavy atom. The first-order chi connectivity index (χ1) is 14.9. The van der Waals surface area contributed by atoms with Crippen molar-refractivity contribution in [1.29, 1.82) is 0 Å². The standard InChI is InChI=1S/C24H25N3O4/c1-15-5-6-16(2)18(13-15)22(28)20-21(19-8-7-17(3)31-19)27(24(30)23(20)29)11-4-10-26-12-9-25-14-26/h5-9,12-14,21,28H,4,10-11H2,1-3H3/t21-/m0/s1. The van der Waals surface area contributed by atoms with Gasteiger partial charge in [0.2, 0.25) is 0 Å². The number of aliphatic hydroxyl groups is 1. The molecule has 0 radical (unpaired) electrons. The van der Waals surface area contributed by atoms with E-state index in [1.54, 1.807) is 31.6 Å². The molecule has 0 unspecified atom stereocenters. The normalized spacial score (nSPS) is 18.2. The lowest BCUT2D eigenvalue weighted by Gasteiger charge is -2.23. The zero-order valence-corrected chi connectivity index (χ0v) is 17.8. The van der Waals surface area contributed by atoms with Gasteiger partial charge in [-0.2, -0.15) is 0 Å². The van der Waals surface area contributed by atoms with Crippen LogP contribution in [-0.2, 0) is 16.1 Å². The molecule has 1 amide bonds. The summed E-state index contributed by atoms with van der Waals surface area (Å²) in [5.41, 5.74) is 2.39. The topological polar surface area (TPSA) is 88.6 Å². The van der Waals surface area contributed by atoms with E-state index in [-0.39, 0.29) is 11.3 Å². The Hall–Kier alpha value is -3.61. The van der Waals surface area contributed by atoms with Crippen LogP contribution >= 0.6 is 0 Å². The van der Waals surface area contributed by atoms with Crippen LogP contribution in [0, 0.1) is 20.8 Å².